The van der Waals surface area contributed by atoms with E-state index in [1.165, 1.54) is 24.4 Å². The standard InChI is InChI=1S/C23H23FN4O3S/c24-19-6-3-5-18(13-19)16-32(30,31)22-14-28(21-8-2-1-7-20(21)22)15-23(29)26-9-4-11-27-12-10-25-17-27/h1-3,5-8,10,12-14,17H,4,9,11,15-16H2,(H,26,29). The number of hydrogen-bond donors (Lipinski definition) is 1. The first kappa shape index (κ1) is 21.8. The van der Waals surface area contributed by atoms with Gasteiger partial charge in [0.05, 0.1) is 17.0 Å². The van der Waals surface area contributed by atoms with Gasteiger partial charge in [-0.3, -0.25) is 4.79 Å². The molecule has 0 spiro atoms. The van der Waals surface area contributed by atoms with Crippen molar-refractivity contribution in [2.24, 2.45) is 0 Å². The first-order chi connectivity index (χ1) is 15.4. The SMILES string of the molecule is O=C(Cn1cc(S(=O)(=O)Cc2cccc(F)c2)c2ccccc21)NCCCn1ccnc1. The van der Waals surface area contributed by atoms with E-state index in [1.807, 2.05) is 10.8 Å². The van der Waals surface area contributed by atoms with Crippen molar-refractivity contribution >= 4 is 26.6 Å². The molecule has 0 saturated heterocycles. The van der Waals surface area contributed by atoms with E-state index in [9.17, 15) is 17.6 Å². The van der Waals surface area contributed by atoms with Gasteiger partial charge in [-0.1, -0.05) is 30.3 Å². The first-order valence-electron chi connectivity index (χ1n) is 10.2. The van der Waals surface area contributed by atoms with E-state index < -0.39 is 15.7 Å². The molecule has 4 aromatic rings. The minimum absolute atomic E-state index is 0.00107. The molecule has 2 aromatic carbocycles. The Morgan fingerprint density at radius 1 is 1.12 bits per heavy atom. The van der Waals surface area contributed by atoms with E-state index >= 15 is 0 Å². The zero-order valence-electron chi connectivity index (χ0n) is 17.3. The molecule has 2 aromatic heterocycles. The van der Waals surface area contributed by atoms with Crippen LogP contribution in [0.5, 0.6) is 0 Å². The Balaban J connectivity index is 1.49. The zero-order valence-corrected chi connectivity index (χ0v) is 18.1. The van der Waals surface area contributed by atoms with Crippen LogP contribution in [0.2, 0.25) is 0 Å². The lowest BCUT2D eigenvalue weighted by Gasteiger charge is -2.07. The molecule has 0 aliphatic heterocycles. The molecule has 2 heterocycles. The summed E-state index contributed by atoms with van der Waals surface area (Å²) in [6.07, 6.45) is 7.53. The summed E-state index contributed by atoms with van der Waals surface area (Å²) in [6, 6.07) is 12.6. The van der Waals surface area contributed by atoms with Gasteiger partial charge in [0, 0.05) is 42.6 Å². The Hall–Kier alpha value is -3.46. The van der Waals surface area contributed by atoms with Gasteiger partial charge in [-0.15, -0.1) is 0 Å². The van der Waals surface area contributed by atoms with E-state index in [4.69, 9.17) is 0 Å². The van der Waals surface area contributed by atoms with Crippen LogP contribution in [-0.2, 0) is 33.5 Å². The van der Waals surface area contributed by atoms with E-state index in [2.05, 4.69) is 10.3 Å². The van der Waals surface area contributed by atoms with Gasteiger partial charge in [-0.25, -0.2) is 17.8 Å². The molecule has 0 unspecified atom stereocenters. The Kier molecular flexibility index (Phi) is 6.36. The van der Waals surface area contributed by atoms with Crippen LogP contribution in [0, 0.1) is 5.82 Å². The molecule has 1 amide bonds. The number of aryl methyl sites for hydroxylation is 1. The van der Waals surface area contributed by atoms with Crippen molar-refractivity contribution in [2.45, 2.75) is 30.2 Å². The summed E-state index contributed by atoms with van der Waals surface area (Å²) < 4.78 is 43.3. The van der Waals surface area contributed by atoms with Gasteiger partial charge in [0.25, 0.3) is 0 Å². The highest BCUT2D eigenvalue weighted by Crippen LogP contribution is 2.28. The van der Waals surface area contributed by atoms with Crippen LogP contribution < -0.4 is 5.32 Å². The average Bonchev–Trinajstić information content (AvgIpc) is 3.40. The minimum Gasteiger partial charge on any atom is -0.354 e. The predicted octanol–water partition coefficient (Wildman–Crippen LogP) is 3.16. The molecule has 1 N–H and O–H groups in total. The van der Waals surface area contributed by atoms with Crippen LogP contribution in [0.15, 0.2) is 78.3 Å². The van der Waals surface area contributed by atoms with E-state index in [1.54, 1.807) is 47.4 Å². The number of halogens is 1. The summed E-state index contributed by atoms with van der Waals surface area (Å²) in [5.74, 6) is -1.01. The van der Waals surface area contributed by atoms with Gasteiger partial charge in [-0.05, 0) is 30.2 Å². The second-order valence-corrected chi connectivity index (χ2v) is 9.49. The zero-order chi connectivity index (χ0) is 22.6. The van der Waals surface area contributed by atoms with E-state index in [-0.39, 0.29) is 23.1 Å². The molecule has 0 aliphatic carbocycles. The Morgan fingerprint density at radius 2 is 1.97 bits per heavy atom. The number of aromatic nitrogens is 3. The van der Waals surface area contributed by atoms with Gasteiger partial charge < -0.3 is 14.5 Å². The quantitative estimate of drug-likeness (QED) is 0.394. The van der Waals surface area contributed by atoms with Crippen LogP contribution in [0.25, 0.3) is 10.9 Å². The number of amides is 1. The number of sulfone groups is 1. The number of rotatable bonds is 9. The third-order valence-electron chi connectivity index (χ3n) is 5.12. The number of hydrogen-bond acceptors (Lipinski definition) is 4. The highest BCUT2D eigenvalue weighted by molar-refractivity contribution is 7.90. The third kappa shape index (κ3) is 5.05. The van der Waals surface area contributed by atoms with Gasteiger partial charge in [0.15, 0.2) is 9.84 Å². The molecule has 0 fully saturated rings. The number of benzene rings is 2. The van der Waals surface area contributed by atoms with Crippen molar-refractivity contribution < 1.29 is 17.6 Å². The normalized spacial score (nSPS) is 11.7. The smallest absolute Gasteiger partial charge is 0.239 e. The minimum atomic E-state index is -3.75. The van der Waals surface area contributed by atoms with Crippen molar-refractivity contribution in [3.05, 3.63) is 84.8 Å². The highest BCUT2D eigenvalue weighted by Gasteiger charge is 2.22. The number of nitrogens with one attached hydrogen (secondary N) is 1. The average molecular weight is 455 g/mol. The van der Waals surface area contributed by atoms with Crippen LogP contribution in [0.4, 0.5) is 4.39 Å². The largest absolute Gasteiger partial charge is 0.354 e. The number of carbonyl (C=O) groups excluding carboxylic acids is 1. The van der Waals surface area contributed by atoms with Gasteiger partial charge in [0.1, 0.15) is 12.4 Å². The number of carbonyl (C=O) groups is 1. The van der Waals surface area contributed by atoms with Crippen LogP contribution >= 0.6 is 0 Å². The fourth-order valence-electron chi connectivity index (χ4n) is 3.63. The molecule has 9 heteroatoms. The Labute approximate surface area is 185 Å². The van der Waals surface area contributed by atoms with Gasteiger partial charge in [-0.2, -0.15) is 0 Å². The number of imidazole rings is 1. The van der Waals surface area contributed by atoms with Crippen LogP contribution in [-0.4, -0.2) is 35.0 Å². The molecular weight excluding hydrogens is 431 g/mol. The van der Waals surface area contributed by atoms with Crippen molar-refractivity contribution in [2.75, 3.05) is 6.54 Å². The fraction of sp³-hybridized carbons (Fsp3) is 0.217. The third-order valence-corrected chi connectivity index (χ3v) is 6.83. The summed E-state index contributed by atoms with van der Waals surface area (Å²) in [5.41, 5.74) is 1.02. The lowest BCUT2D eigenvalue weighted by Crippen LogP contribution is -2.28. The second kappa shape index (κ2) is 9.35. The summed E-state index contributed by atoms with van der Waals surface area (Å²) in [5, 5.41) is 3.41. The van der Waals surface area contributed by atoms with Crippen molar-refractivity contribution in [1.82, 2.24) is 19.4 Å². The Bertz CT molecular complexity index is 1330. The van der Waals surface area contributed by atoms with Crippen molar-refractivity contribution in [3.8, 4) is 0 Å². The van der Waals surface area contributed by atoms with Gasteiger partial charge >= 0.3 is 0 Å². The molecule has 4 rings (SSSR count). The second-order valence-electron chi connectivity index (χ2n) is 7.53. The molecule has 166 valence electrons. The molecule has 0 bridgehead atoms. The topological polar surface area (TPSA) is 86.0 Å². The van der Waals surface area contributed by atoms with Crippen molar-refractivity contribution in [3.63, 3.8) is 0 Å². The molecule has 32 heavy (non-hydrogen) atoms. The van der Waals surface area contributed by atoms with Crippen LogP contribution in [0.1, 0.15) is 12.0 Å². The summed E-state index contributed by atoms with van der Waals surface area (Å²) in [4.78, 5) is 16.6. The number of para-hydroxylation sites is 1. The lowest BCUT2D eigenvalue weighted by atomic mass is 10.2. The summed E-state index contributed by atoms with van der Waals surface area (Å²) in [6.45, 7) is 1.25. The van der Waals surface area contributed by atoms with E-state index in [0.717, 1.165) is 13.0 Å². The molecule has 0 atom stereocenters. The predicted molar refractivity (Wildman–Crippen MR) is 119 cm³/mol. The summed E-state index contributed by atoms with van der Waals surface area (Å²) >= 11 is 0. The lowest BCUT2D eigenvalue weighted by molar-refractivity contribution is -0.121. The van der Waals surface area contributed by atoms with Crippen LogP contribution in [0.3, 0.4) is 0 Å². The van der Waals surface area contributed by atoms with E-state index in [0.29, 0.717) is 23.0 Å². The highest BCUT2D eigenvalue weighted by atomic mass is 32.2. The first-order valence-corrected chi connectivity index (χ1v) is 11.8. The number of fused-ring (bicyclic) bond motifs is 1. The molecule has 7 nitrogen and oxygen atoms in total. The maximum Gasteiger partial charge on any atom is 0.239 e. The Morgan fingerprint density at radius 3 is 2.75 bits per heavy atom. The van der Waals surface area contributed by atoms with Crippen molar-refractivity contribution in [1.29, 1.82) is 0 Å². The fourth-order valence-corrected chi connectivity index (χ4v) is 5.20. The number of nitrogens with zero attached hydrogens (tertiary/aromatic N) is 3. The maximum absolute atomic E-state index is 13.5. The van der Waals surface area contributed by atoms with Gasteiger partial charge in [0.2, 0.25) is 5.91 Å². The molecule has 0 saturated carbocycles. The maximum atomic E-state index is 13.5. The molecule has 0 aliphatic rings. The summed E-state index contributed by atoms with van der Waals surface area (Å²) in [7, 11) is -3.75. The monoisotopic (exact) mass is 454 g/mol. The molecule has 0 radical (unpaired) electrons. The molecular formula is C23H23FN4O3S.